The Balaban J connectivity index is 3.28. The molecule has 0 saturated carbocycles. The van der Waals surface area contributed by atoms with Gasteiger partial charge in [-0.05, 0) is 12.0 Å². The Kier molecular flexibility index (Phi) is 2.69. The van der Waals surface area contributed by atoms with Crippen molar-refractivity contribution in [2.75, 3.05) is 5.73 Å². The summed E-state index contributed by atoms with van der Waals surface area (Å²) in [5, 5.41) is 0. The van der Waals surface area contributed by atoms with Gasteiger partial charge >= 0.3 is 6.18 Å². The van der Waals surface area contributed by atoms with Crippen molar-refractivity contribution in [1.29, 1.82) is 0 Å². The molecule has 1 heterocycles. The lowest BCUT2D eigenvalue weighted by Crippen LogP contribution is -2.12. The molecule has 0 unspecified atom stereocenters. The highest BCUT2D eigenvalue weighted by atomic mass is 19.4. The molecule has 2 N–H and O–H groups in total. The topological polar surface area (TPSA) is 38.9 Å². The van der Waals surface area contributed by atoms with E-state index in [1.165, 1.54) is 0 Å². The number of halogens is 3. The first-order chi connectivity index (χ1) is 6.34. The van der Waals surface area contributed by atoms with Crippen molar-refractivity contribution in [2.45, 2.75) is 25.9 Å². The molecule has 0 aliphatic heterocycles. The highest BCUT2D eigenvalue weighted by Gasteiger charge is 2.34. The molecule has 14 heavy (non-hydrogen) atoms. The normalized spacial score (nSPS) is 12.1. The highest BCUT2D eigenvalue weighted by molar-refractivity contribution is 5.52. The van der Waals surface area contributed by atoms with E-state index in [0.29, 0.717) is 5.69 Å². The fourth-order valence-corrected chi connectivity index (χ4v) is 1.20. The number of aromatic nitrogens is 1. The molecule has 0 amide bonds. The van der Waals surface area contributed by atoms with Gasteiger partial charge in [-0.25, -0.2) is 0 Å². The van der Waals surface area contributed by atoms with Gasteiger partial charge in [0.1, 0.15) is 0 Å². The van der Waals surface area contributed by atoms with Crippen LogP contribution in [0.15, 0.2) is 12.3 Å². The minimum atomic E-state index is -4.41. The summed E-state index contributed by atoms with van der Waals surface area (Å²) in [4.78, 5) is 3.83. The molecule has 0 saturated heterocycles. The fraction of sp³-hybridized carbons (Fsp3) is 0.444. The summed E-state index contributed by atoms with van der Waals surface area (Å²) in [6, 6.07) is 0.890. The van der Waals surface area contributed by atoms with Crippen LogP contribution in [0.5, 0.6) is 0 Å². The monoisotopic (exact) mass is 204 g/mol. The maximum absolute atomic E-state index is 12.4. The lowest BCUT2D eigenvalue weighted by molar-refractivity contribution is -0.137. The van der Waals surface area contributed by atoms with Crippen LogP contribution in [0.4, 0.5) is 18.9 Å². The number of anilines is 1. The smallest absolute Gasteiger partial charge is 0.397 e. The summed E-state index contributed by atoms with van der Waals surface area (Å²) in [5.41, 5.74) is 4.60. The quantitative estimate of drug-likeness (QED) is 0.763. The van der Waals surface area contributed by atoms with Crippen LogP contribution in [0.1, 0.15) is 31.0 Å². The van der Waals surface area contributed by atoms with Gasteiger partial charge in [-0.1, -0.05) is 13.8 Å². The number of hydrogen-bond donors (Lipinski definition) is 1. The fourth-order valence-electron chi connectivity index (χ4n) is 1.20. The third kappa shape index (κ3) is 1.97. The van der Waals surface area contributed by atoms with Crippen molar-refractivity contribution in [3.8, 4) is 0 Å². The Morgan fingerprint density at radius 2 is 1.93 bits per heavy atom. The standard InChI is InChI=1S/C9H11F3N2/c1-5(2)8-7(13)6(3-4-14-8)9(10,11)12/h3-5H,13H2,1-2H3. The maximum Gasteiger partial charge on any atom is 0.418 e. The summed E-state index contributed by atoms with van der Waals surface area (Å²) in [6.45, 7) is 3.50. The van der Waals surface area contributed by atoms with Gasteiger partial charge in [-0.15, -0.1) is 0 Å². The van der Waals surface area contributed by atoms with Gasteiger partial charge < -0.3 is 5.73 Å². The van der Waals surface area contributed by atoms with E-state index < -0.39 is 11.7 Å². The molecule has 0 radical (unpaired) electrons. The predicted octanol–water partition coefficient (Wildman–Crippen LogP) is 2.81. The Labute approximate surface area is 79.9 Å². The van der Waals surface area contributed by atoms with Crippen LogP contribution in [-0.4, -0.2) is 4.98 Å². The largest absolute Gasteiger partial charge is 0.418 e. The van der Waals surface area contributed by atoms with Crippen molar-refractivity contribution in [3.05, 3.63) is 23.5 Å². The van der Waals surface area contributed by atoms with Crippen LogP contribution in [0.3, 0.4) is 0 Å². The highest BCUT2D eigenvalue weighted by Crippen LogP contribution is 2.35. The van der Waals surface area contributed by atoms with E-state index in [4.69, 9.17) is 5.73 Å². The summed E-state index contributed by atoms with van der Waals surface area (Å²) in [5.74, 6) is -0.114. The zero-order valence-electron chi connectivity index (χ0n) is 7.89. The molecular formula is C9H11F3N2. The van der Waals surface area contributed by atoms with Gasteiger partial charge in [0.2, 0.25) is 0 Å². The number of pyridine rings is 1. The van der Waals surface area contributed by atoms with Gasteiger partial charge in [0.25, 0.3) is 0 Å². The SMILES string of the molecule is CC(C)c1nccc(C(F)(F)F)c1N. The molecule has 78 valence electrons. The van der Waals surface area contributed by atoms with Crippen LogP contribution < -0.4 is 5.73 Å². The minimum absolute atomic E-state index is 0.114. The predicted molar refractivity (Wildman–Crippen MR) is 47.7 cm³/mol. The number of nitrogens with zero attached hydrogens (tertiary/aromatic N) is 1. The molecule has 0 bridgehead atoms. The number of nitrogen functional groups attached to an aromatic ring is 1. The van der Waals surface area contributed by atoms with Gasteiger partial charge in [-0.2, -0.15) is 13.2 Å². The molecule has 0 fully saturated rings. The van der Waals surface area contributed by atoms with E-state index in [2.05, 4.69) is 4.98 Å². The van der Waals surface area contributed by atoms with Gasteiger partial charge in [-0.3, -0.25) is 4.98 Å². The van der Waals surface area contributed by atoms with Gasteiger partial charge in [0, 0.05) is 6.20 Å². The second kappa shape index (κ2) is 3.48. The maximum atomic E-state index is 12.4. The molecule has 0 atom stereocenters. The van der Waals surface area contributed by atoms with E-state index in [0.717, 1.165) is 12.3 Å². The Bertz CT molecular complexity index is 331. The van der Waals surface area contributed by atoms with Crippen molar-refractivity contribution in [1.82, 2.24) is 4.98 Å². The molecule has 0 aliphatic rings. The molecule has 0 spiro atoms. The first-order valence-corrected chi connectivity index (χ1v) is 4.15. The minimum Gasteiger partial charge on any atom is -0.397 e. The summed E-state index contributed by atoms with van der Waals surface area (Å²) >= 11 is 0. The van der Waals surface area contributed by atoms with E-state index in [9.17, 15) is 13.2 Å². The van der Waals surface area contributed by atoms with Crippen molar-refractivity contribution < 1.29 is 13.2 Å². The molecule has 1 aromatic heterocycles. The lowest BCUT2D eigenvalue weighted by atomic mass is 10.0. The molecule has 0 aliphatic carbocycles. The van der Waals surface area contributed by atoms with Gasteiger partial charge in [0.15, 0.2) is 0 Å². The van der Waals surface area contributed by atoms with E-state index in [1.54, 1.807) is 13.8 Å². The molecule has 1 rings (SSSR count). The first kappa shape index (κ1) is 10.8. The number of alkyl halides is 3. The Hall–Kier alpha value is -1.26. The summed E-state index contributed by atoms with van der Waals surface area (Å²) in [7, 11) is 0. The first-order valence-electron chi connectivity index (χ1n) is 4.15. The van der Waals surface area contributed by atoms with Crippen molar-refractivity contribution in [3.63, 3.8) is 0 Å². The zero-order valence-corrected chi connectivity index (χ0v) is 7.89. The third-order valence-corrected chi connectivity index (χ3v) is 1.87. The van der Waals surface area contributed by atoms with Gasteiger partial charge in [0.05, 0.1) is 16.9 Å². The van der Waals surface area contributed by atoms with E-state index in [1.807, 2.05) is 0 Å². The van der Waals surface area contributed by atoms with Crippen LogP contribution >= 0.6 is 0 Å². The van der Waals surface area contributed by atoms with Crippen LogP contribution in [0.25, 0.3) is 0 Å². The average molecular weight is 204 g/mol. The second-order valence-electron chi connectivity index (χ2n) is 3.31. The lowest BCUT2D eigenvalue weighted by Gasteiger charge is -2.14. The van der Waals surface area contributed by atoms with Crippen LogP contribution in [0, 0.1) is 0 Å². The Morgan fingerprint density at radius 1 is 1.36 bits per heavy atom. The third-order valence-electron chi connectivity index (χ3n) is 1.87. The number of nitrogens with two attached hydrogens (primary N) is 1. The molecule has 0 aromatic carbocycles. The molecule has 1 aromatic rings. The van der Waals surface area contributed by atoms with Crippen LogP contribution in [-0.2, 0) is 6.18 Å². The van der Waals surface area contributed by atoms with Crippen molar-refractivity contribution in [2.24, 2.45) is 0 Å². The van der Waals surface area contributed by atoms with E-state index in [-0.39, 0.29) is 11.6 Å². The van der Waals surface area contributed by atoms with Crippen molar-refractivity contribution >= 4 is 5.69 Å². The van der Waals surface area contributed by atoms with Crippen LogP contribution in [0.2, 0.25) is 0 Å². The Morgan fingerprint density at radius 3 is 2.36 bits per heavy atom. The summed E-state index contributed by atoms with van der Waals surface area (Å²) < 4.78 is 37.2. The average Bonchev–Trinajstić information content (AvgIpc) is 2.01. The number of hydrogen-bond acceptors (Lipinski definition) is 2. The number of rotatable bonds is 1. The molecule has 5 heteroatoms. The molecular weight excluding hydrogens is 193 g/mol. The molecule has 2 nitrogen and oxygen atoms in total. The summed E-state index contributed by atoms with van der Waals surface area (Å²) in [6.07, 6.45) is -3.27. The van der Waals surface area contributed by atoms with E-state index >= 15 is 0 Å². The zero-order chi connectivity index (χ0) is 10.9. The second-order valence-corrected chi connectivity index (χ2v) is 3.31.